The summed E-state index contributed by atoms with van der Waals surface area (Å²) >= 11 is 0. The van der Waals surface area contributed by atoms with Crippen molar-refractivity contribution in [1.29, 1.82) is 0 Å². The normalized spacial score (nSPS) is 12.7. The van der Waals surface area contributed by atoms with Crippen LogP contribution in [0.4, 0.5) is 0 Å². The number of unbranched alkanes of at least 4 members (excludes halogenated alkanes) is 42. The molecule has 0 aromatic carbocycles. The van der Waals surface area contributed by atoms with Crippen molar-refractivity contribution < 1.29 is 17.5 Å². The molecule has 60 heavy (non-hydrogen) atoms. The van der Waals surface area contributed by atoms with E-state index in [-0.39, 0.29) is 10.4 Å². The molecule has 0 saturated carbocycles. The van der Waals surface area contributed by atoms with Crippen LogP contribution in [0.2, 0.25) is 0 Å². The Kier molecular flexibility index (Phi) is 46.8. The Morgan fingerprint density at radius 2 is 0.467 bits per heavy atom. The molecule has 1 N–H and O–H groups in total. The van der Waals surface area contributed by atoms with Crippen LogP contribution in [0.1, 0.15) is 310 Å². The lowest BCUT2D eigenvalue weighted by Crippen LogP contribution is -2.36. The monoisotopic (exact) mass is 863 g/mol. The predicted octanol–water partition coefficient (Wildman–Crippen LogP) is 19.8. The molecule has 0 aliphatic rings. The van der Waals surface area contributed by atoms with Crippen LogP contribution in [0.25, 0.3) is 0 Å². The largest absolute Gasteiger partial charge is 0.317 e. The van der Waals surface area contributed by atoms with E-state index in [1.54, 1.807) is 0 Å². The summed E-state index contributed by atoms with van der Waals surface area (Å²) in [6.07, 6.45) is 72.1. The molecular formula is C55H108NO3S+. The van der Waals surface area contributed by atoms with Gasteiger partial charge in [0, 0.05) is 0 Å². The fraction of sp³-hybridized carbons (Fsp3) is 0.891. The highest BCUT2D eigenvalue weighted by Gasteiger charge is 2.26. The van der Waals surface area contributed by atoms with E-state index < -0.39 is 10.1 Å². The smallest absolute Gasteiger partial charge is 0.281 e. The average Bonchev–Trinajstić information content (AvgIpc) is 3.22. The van der Waals surface area contributed by atoms with E-state index in [0.29, 0.717) is 0 Å². The lowest BCUT2D eigenvalue weighted by atomic mass is 10.0. The SMILES string of the molecule is CCCCCCCCCCCCCCCC/C=C/[N+](/C=C/CCCCCCCCCCCCCCCC)(/C=C/CCCCCCCCCCCCCCCC)CS(=O)(=O)O. The second kappa shape index (κ2) is 47.6. The Morgan fingerprint density at radius 1 is 0.300 bits per heavy atom. The molecule has 356 valence electrons. The van der Waals surface area contributed by atoms with Gasteiger partial charge in [0.1, 0.15) is 18.6 Å². The summed E-state index contributed by atoms with van der Waals surface area (Å²) in [5.74, 6) is -0.341. The molecule has 4 nitrogen and oxygen atoms in total. The van der Waals surface area contributed by atoms with Crippen LogP contribution in [0, 0.1) is 0 Å². The molecule has 0 spiro atoms. The van der Waals surface area contributed by atoms with E-state index >= 15 is 0 Å². The van der Waals surface area contributed by atoms with Gasteiger partial charge in [-0.15, -0.1) is 0 Å². The molecule has 0 aromatic heterocycles. The minimum absolute atomic E-state index is 0.0502. The molecule has 0 aromatic rings. The van der Waals surface area contributed by atoms with Crippen molar-refractivity contribution in [3.05, 3.63) is 36.8 Å². The second-order valence-electron chi connectivity index (χ2n) is 19.0. The minimum Gasteiger partial charge on any atom is -0.281 e. The van der Waals surface area contributed by atoms with Gasteiger partial charge in [-0.25, -0.2) is 4.48 Å². The molecule has 0 heterocycles. The fourth-order valence-corrected chi connectivity index (χ4v) is 9.57. The van der Waals surface area contributed by atoms with Gasteiger partial charge >= 0.3 is 10.1 Å². The summed E-state index contributed by atoms with van der Waals surface area (Å²) in [6, 6.07) is 0. The third-order valence-electron chi connectivity index (χ3n) is 12.7. The van der Waals surface area contributed by atoms with Gasteiger partial charge in [-0.05, 0) is 56.8 Å². The lowest BCUT2D eigenvalue weighted by molar-refractivity contribution is -0.760. The van der Waals surface area contributed by atoms with Crippen molar-refractivity contribution in [1.82, 2.24) is 0 Å². The van der Waals surface area contributed by atoms with E-state index in [1.165, 1.54) is 250 Å². The Morgan fingerprint density at radius 3 is 0.633 bits per heavy atom. The highest BCUT2D eigenvalue weighted by atomic mass is 32.2. The predicted molar refractivity (Wildman–Crippen MR) is 269 cm³/mol. The summed E-state index contributed by atoms with van der Waals surface area (Å²) in [7, 11) is -4.18. The highest BCUT2D eigenvalue weighted by molar-refractivity contribution is 7.85. The number of hydrogen-bond donors (Lipinski definition) is 1. The third kappa shape index (κ3) is 46.6. The summed E-state index contributed by atoms with van der Waals surface area (Å²) in [5.41, 5.74) is 0. The van der Waals surface area contributed by atoms with Gasteiger partial charge in [0.25, 0.3) is 0 Å². The third-order valence-corrected chi connectivity index (χ3v) is 13.5. The van der Waals surface area contributed by atoms with Crippen molar-refractivity contribution in [2.45, 2.75) is 310 Å². The van der Waals surface area contributed by atoms with Gasteiger partial charge in [-0.1, -0.05) is 271 Å². The van der Waals surface area contributed by atoms with E-state index in [0.717, 1.165) is 38.5 Å². The maximum absolute atomic E-state index is 12.4. The lowest BCUT2D eigenvalue weighted by Gasteiger charge is -2.25. The molecule has 0 fully saturated rings. The maximum atomic E-state index is 12.4. The van der Waals surface area contributed by atoms with Gasteiger partial charge < -0.3 is 0 Å². The second-order valence-corrected chi connectivity index (χ2v) is 20.4. The average molecular weight is 864 g/mol. The summed E-state index contributed by atoms with van der Waals surface area (Å²) in [6.45, 7) is 6.86. The Bertz CT molecular complexity index is 932. The standard InChI is InChI=1S/C55H107NO3S/c1-4-7-10-13-16-19-22-25-28-31-34-37-40-43-46-49-52-56(55-60(57,58)59,53-50-47-44-41-38-35-32-29-26-23-20-17-14-11-8-5-2)54-51-48-45-42-39-36-33-30-27-24-21-18-15-12-9-6-3/h49-54H,4-48,55H2,1-3H3/p+1/b52-49+,53-50+,54-51+. The maximum Gasteiger partial charge on any atom is 0.317 e. The zero-order chi connectivity index (χ0) is 43.8. The molecule has 0 unspecified atom stereocenters. The first-order chi connectivity index (χ1) is 29.4. The molecule has 0 bridgehead atoms. The van der Waals surface area contributed by atoms with Crippen LogP contribution < -0.4 is 0 Å². The van der Waals surface area contributed by atoms with Crippen LogP contribution >= 0.6 is 0 Å². The number of allylic oxidation sites excluding steroid dienone is 3. The van der Waals surface area contributed by atoms with Crippen LogP contribution in [0.3, 0.4) is 0 Å². The zero-order valence-electron chi connectivity index (χ0n) is 41.1. The first-order valence-electron chi connectivity index (χ1n) is 27.2. The number of quaternary nitrogens is 1. The van der Waals surface area contributed by atoms with Gasteiger partial charge in [-0.2, -0.15) is 8.42 Å². The van der Waals surface area contributed by atoms with E-state index in [2.05, 4.69) is 39.0 Å². The molecule has 0 atom stereocenters. The number of nitrogens with zero attached hydrogens (tertiary/aromatic N) is 1. The Labute approximate surface area is 378 Å². The van der Waals surface area contributed by atoms with Crippen molar-refractivity contribution >= 4 is 10.1 Å². The van der Waals surface area contributed by atoms with Crippen LogP contribution in [-0.2, 0) is 10.1 Å². The minimum atomic E-state index is -4.18. The van der Waals surface area contributed by atoms with Crippen LogP contribution in [0.5, 0.6) is 0 Å². The van der Waals surface area contributed by atoms with Gasteiger partial charge in [0.15, 0.2) is 0 Å². The van der Waals surface area contributed by atoms with Crippen LogP contribution in [-0.4, -0.2) is 23.3 Å². The summed E-state index contributed by atoms with van der Waals surface area (Å²) in [5, 5.41) is 0. The number of rotatable bonds is 50. The molecule has 0 aliphatic heterocycles. The Balaban J connectivity index is 4.77. The molecule has 0 amide bonds. The van der Waals surface area contributed by atoms with E-state index in [1.807, 2.05) is 18.6 Å². The van der Waals surface area contributed by atoms with Gasteiger partial charge in [-0.3, -0.25) is 4.55 Å². The van der Waals surface area contributed by atoms with Gasteiger partial charge in [0.2, 0.25) is 5.88 Å². The van der Waals surface area contributed by atoms with Crippen molar-refractivity contribution in [2.24, 2.45) is 0 Å². The van der Waals surface area contributed by atoms with Gasteiger partial charge in [0.05, 0.1) is 0 Å². The summed E-state index contributed by atoms with van der Waals surface area (Å²) < 4.78 is 35.0. The molecule has 0 aliphatic carbocycles. The van der Waals surface area contributed by atoms with Crippen molar-refractivity contribution in [3.8, 4) is 0 Å². The van der Waals surface area contributed by atoms with E-state index in [9.17, 15) is 13.0 Å². The molecule has 5 heteroatoms. The first kappa shape index (κ1) is 59.1. The van der Waals surface area contributed by atoms with Crippen molar-refractivity contribution in [2.75, 3.05) is 5.88 Å². The first-order valence-corrected chi connectivity index (χ1v) is 28.9. The molecular weight excluding hydrogens is 755 g/mol. The molecule has 0 radical (unpaired) electrons. The Hall–Kier alpha value is -0.910. The topological polar surface area (TPSA) is 54.4 Å². The fourth-order valence-electron chi connectivity index (χ4n) is 8.74. The molecule has 0 saturated heterocycles. The number of hydrogen-bond acceptors (Lipinski definition) is 2. The summed E-state index contributed by atoms with van der Waals surface area (Å²) in [4.78, 5) is 0. The quantitative estimate of drug-likeness (QED) is 0.0377. The molecule has 0 rings (SSSR count). The van der Waals surface area contributed by atoms with Crippen molar-refractivity contribution in [3.63, 3.8) is 0 Å². The zero-order valence-corrected chi connectivity index (χ0v) is 41.9. The van der Waals surface area contributed by atoms with Crippen LogP contribution in [0.15, 0.2) is 36.8 Å². The highest BCUT2D eigenvalue weighted by Crippen LogP contribution is 2.20. The van der Waals surface area contributed by atoms with E-state index in [4.69, 9.17) is 0 Å².